The lowest BCUT2D eigenvalue weighted by atomic mass is 10.3. The van der Waals surface area contributed by atoms with Gasteiger partial charge in [-0.2, -0.15) is 0 Å². The maximum absolute atomic E-state index is 11.9. The molecule has 0 unspecified atom stereocenters. The molecule has 0 aliphatic carbocycles. The van der Waals surface area contributed by atoms with E-state index < -0.39 is 0 Å². The number of carbonyl (C=O) groups is 1. The molecule has 2 rings (SSSR count). The maximum Gasteiger partial charge on any atom is 0.265 e. The molecule has 0 radical (unpaired) electrons. The number of thiol groups is 1. The number of thiophene rings is 1. The van der Waals surface area contributed by atoms with Crippen LogP contribution in [0.15, 0.2) is 39.0 Å². The van der Waals surface area contributed by atoms with E-state index in [4.69, 9.17) is 0 Å². The summed E-state index contributed by atoms with van der Waals surface area (Å²) in [6.07, 6.45) is 0. The van der Waals surface area contributed by atoms with Crippen molar-refractivity contribution in [3.8, 4) is 0 Å². The zero-order chi connectivity index (χ0) is 12.4. The molecule has 0 bridgehead atoms. The number of carbonyl (C=O) groups excluding carboxylic acids is 1. The highest BCUT2D eigenvalue weighted by atomic mass is 127. The summed E-state index contributed by atoms with van der Waals surface area (Å²) in [5.41, 5.74) is 0.789. The summed E-state index contributed by atoms with van der Waals surface area (Å²) in [6, 6.07) is 7.44. The quantitative estimate of drug-likeness (QED) is 0.517. The second kappa shape index (κ2) is 5.73. The Morgan fingerprint density at radius 3 is 2.76 bits per heavy atom. The van der Waals surface area contributed by atoms with Gasteiger partial charge in [-0.25, -0.2) is 0 Å². The number of anilines is 1. The summed E-state index contributed by atoms with van der Waals surface area (Å²) in [4.78, 5) is 13.3. The molecule has 2 nitrogen and oxygen atoms in total. The first-order chi connectivity index (χ1) is 8.06. The highest BCUT2D eigenvalue weighted by molar-refractivity contribution is 14.1. The largest absolute Gasteiger partial charge is 0.321 e. The Kier molecular flexibility index (Phi) is 4.51. The van der Waals surface area contributed by atoms with E-state index >= 15 is 0 Å². The van der Waals surface area contributed by atoms with Gasteiger partial charge >= 0.3 is 0 Å². The van der Waals surface area contributed by atoms with Gasteiger partial charge in [0.1, 0.15) is 0 Å². The summed E-state index contributed by atoms with van der Waals surface area (Å²) >= 11 is 11.2. The molecule has 1 N–H and O–H groups in total. The van der Waals surface area contributed by atoms with Crippen LogP contribution in [-0.2, 0) is 0 Å². The van der Waals surface area contributed by atoms with E-state index in [1.54, 1.807) is 6.07 Å². The van der Waals surface area contributed by atoms with E-state index in [2.05, 4.69) is 56.5 Å². The van der Waals surface area contributed by atoms with E-state index in [1.807, 2.05) is 23.6 Å². The third kappa shape index (κ3) is 3.46. The van der Waals surface area contributed by atoms with Crippen molar-refractivity contribution in [2.24, 2.45) is 0 Å². The van der Waals surface area contributed by atoms with E-state index in [0.29, 0.717) is 4.88 Å². The number of hydrogen-bond acceptors (Lipinski definition) is 3. The molecule has 0 spiro atoms. The van der Waals surface area contributed by atoms with Crippen LogP contribution in [0.1, 0.15) is 9.67 Å². The van der Waals surface area contributed by atoms with Crippen LogP contribution in [0.2, 0.25) is 0 Å². The lowest BCUT2D eigenvalue weighted by molar-refractivity contribution is 0.103. The average molecular weight is 440 g/mol. The summed E-state index contributed by atoms with van der Waals surface area (Å²) in [6.45, 7) is 0. The predicted octanol–water partition coefficient (Wildman–Crippen LogP) is 4.66. The molecule has 17 heavy (non-hydrogen) atoms. The van der Waals surface area contributed by atoms with Crippen molar-refractivity contribution in [1.29, 1.82) is 0 Å². The Hall–Kier alpha value is -0.0500. The van der Waals surface area contributed by atoms with Crippen LogP contribution in [0.4, 0.5) is 5.69 Å². The fourth-order valence-electron chi connectivity index (χ4n) is 1.21. The number of amides is 1. The van der Waals surface area contributed by atoms with Crippen LogP contribution in [0.25, 0.3) is 0 Å². The van der Waals surface area contributed by atoms with E-state index in [0.717, 1.165) is 18.6 Å². The minimum absolute atomic E-state index is 0.103. The fraction of sp³-hybridized carbons (Fsp3) is 0. The normalized spacial score (nSPS) is 10.3. The van der Waals surface area contributed by atoms with Crippen molar-refractivity contribution in [3.63, 3.8) is 0 Å². The summed E-state index contributed by atoms with van der Waals surface area (Å²) < 4.78 is 2.08. The molecule has 1 amide bonds. The Bertz CT molecular complexity index is 570. The van der Waals surface area contributed by atoms with Gasteiger partial charge in [0.25, 0.3) is 5.91 Å². The number of nitrogens with one attached hydrogen (secondary N) is 1. The number of benzene rings is 1. The molecule has 1 heterocycles. The van der Waals surface area contributed by atoms with Gasteiger partial charge in [-0.05, 0) is 62.8 Å². The Morgan fingerprint density at radius 2 is 2.18 bits per heavy atom. The van der Waals surface area contributed by atoms with Crippen molar-refractivity contribution in [3.05, 3.63) is 42.6 Å². The van der Waals surface area contributed by atoms with Crippen molar-refractivity contribution < 1.29 is 4.79 Å². The molecule has 88 valence electrons. The number of rotatable bonds is 2. The molecule has 1 aromatic heterocycles. The fourth-order valence-corrected chi connectivity index (χ4v) is 3.02. The number of halogens is 2. The van der Waals surface area contributed by atoms with Gasteiger partial charge in [-0.1, -0.05) is 0 Å². The minimum atomic E-state index is -0.103. The van der Waals surface area contributed by atoms with E-state index in [-0.39, 0.29) is 5.91 Å². The standard InChI is InChI=1S/C11H7BrINOS2/c12-8-2-1-6(3-9(8)13)14-11(15)10-4-7(16)5-17-10/h1-5,16H,(H,14,15). The third-order valence-corrected chi connectivity index (χ3v) is 5.67. The molecule has 1 aromatic carbocycles. The van der Waals surface area contributed by atoms with Gasteiger partial charge in [-0.15, -0.1) is 24.0 Å². The monoisotopic (exact) mass is 439 g/mol. The Labute approximate surface area is 130 Å². The van der Waals surface area contributed by atoms with Crippen molar-refractivity contribution >= 4 is 74.1 Å². The molecule has 0 saturated heterocycles. The van der Waals surface area contributed by atoms with Crippen LogP contribution in [-0.4, -0.2) is 5.91 Å². The smallest absolute Gasteiger partial charge is 0.265 e. The zero-order valence-electron chi connectivity index (χ0n) is 8.41. The van der Waals surface area contributed by atoms with E-state index in [9.17, 15) is 4.79 Å². The zero-order valence-corrected chi connectivity index (χ0v) is 13.9. The lowest BCUT2D eigenvalue weighted by Crippen LogP contribution is -2.10. The topological polar surface area (TPSA) is 29.1 Å². The molecule has 6 heteroatoms. The van der Waals surface area contributed by atoms with Crippen LogP contribution in [0.3, 0.4) is 0 Å². The van der Waals surface area contributed by atoms with Crippen LogP contribution < -0.4 is 5.32 Å². The van der Waals surface area contributed by atoms with Gasteiger partial charge in [0.15, 0.2) is 0 Å². The van der Waals surface area contributed by atoms with Crippen molar-refractivity contribution in [2.75, 3.05) is 5.32 Å². The van der Waals surface area contributed by atoms with E-state index in [1.165, 1.54) is 11.3 Å². The van der Waals surface area contributed by atoms with Crippen LogP contribution >= 0.6 is 62.5 Å². The average Bonchev–Trinajstić information content (AvgIpc) is 2.70. The predicted molar refractivity (Wildman–Crippen MR) is 86.4 cm³/mol. The SMILES string of the molecule is O=C(Nc1ccc(Br)c(I)c1)c1cc(S)cs1. The second-order valence-corrected chi connectivity index (χ2v) is 6.70. The molecular formula is C11H7BrINOS2. The molecule has 0 aliphatic rings. The van der Waals surface area contributed by atoms with Crippen LogP contribution in [0.5, 0.6) is 0 Å². The van der Waals surface area contributed by atoms with Crippen molar-refractivity contribution in [2.45, 2.75) is 4.90 Å². The highest BCUT2D eigenvalue weighted by Crippen LogP contribution is 2.24. The summed E-state index contributed by atoms with van der Waals surface area (Å²) in [7, 11) is 0. The first-order valence-corrected chi connectivity index (χ1v) is 7.80. The molecule has 0 aliphatic heterocycles. The van der Waals surface area contributed by atoms with Gasteiger partial charge < -0.3 is 5.32 Å². The first-order valence-electron chi connectivity index (χ1n) is 4.60. The van der Waals surface area contributed by atoms with Gasteiger partial charge in [-0.3, -0.25) is 4.79 Å². The summed E-state index contributed by atoms with van der Waals surface area (Å²) in [5.74, 6) is -0.103. The second-order valence-electron chi connectivity index (χ2n) is 3.25. The van der Waals surface area contributed by atoms with Gasteiger partial charge in [0, 0.05) is 24.0 Å². The molecule has 0 saturated carbocycles. The summed E-state index contributed by atoms with van der Waals surface area (Å²) in [5, 5.41) is 4.69. The number of hydrogen-bond donors (Lipinski definition) is 2. The maximum atomic E-state index is 11.9. The van der Waals surface area contributed by atoms with Crippen molar-refractivity contribution in [1.82, 2.24) is 0 Å². The lowest BCUT2D eigenvalue weighted by Gasteiger charge is -2.04. The molecule has 0 atom stereocenters. The molecule has 0 fully saturated rings. The molecule has 2 aromatic rings. The third-order valence-electron chi connectivity index (χ3n) is 1.99. The van der Waals surface area contributed by atoms with Crippen LogP contribution in [0, 0.1) is 3.57 Å². The Morgan fingerprint density at radius 1 is 1.41 bits per heavy atom. The Balaban J connectivity index is 2.15. The van der Waals surface area contributed by atoms with Gasteiger partial charge in [0.2, 0.25) is 0 Å². The van der Waals surface area contributed by atoms with Gasteiger partial charge in [0.05, 0.1) is 4.88 Å². The first kappa shape index (κ1) is 13.4. The minimum Gasteiger partial charge on any atom is -0.321 e. The molecular weight excluding hydrogens is 433 g/mol. The highest BCUT2D eigenvalue weighted by Gasteiger charge is 2.09.